The molecule has 0 fully saturated rings. The van der Waals surface area contributed by atoms with Gasteiger partial charge in [-0.1, -0.05) is 12.1 Å². The van der Waals surface area contributed by atoms with Crippen molar-refractivity contribution in [3.63, 3.8) is 0 Å². The molecule has 0 radical (unpaired) electrons. The average molecular weight is 271 g/mol. The van der Waals surface area contributed by atoms with E-state index in [2.05, 4.69) is 4.98 Å². The van der Waals surface area contributed by atoms with E-state index in [9.17, 15) is 10.1 Å². The van der Waals surface area contributed by atoms with Crippen LogP contribution in [-0.2, 0) is 0 Å². The molecule has 19 heavy (non-hydrogen) atoms. The maximum Gasteiger partial charge on any atom is 0.270 e. The van der Waals surface area contributed by atoms with Gasteiger partial charge in [0.2, 0.25) is 0 Å². The minimum atomic E-state index is -0.434. The molecule has 0 aliphatic rings. The number of nitrogen functional groups attached to an aromatic ring is 1. The summed E-state index contributed by atoms with van der Waals surface area (Å²) in [7, 11) is 0. The van der Waals surface area contributed by atoms with E-state index in [-0.39, 0.29) is 5.69 Å². The van der Waals surface area contributed by atoms with E-state index >= 15 is 0 Å². The van der Waals surface area contributed by atoms with Gasteiger partial charge in [-0.3, -0.25) is 10.1 Å². The van der Waals surface area contributed by atoms with E-state index < -0.39 is 4.92 Å². The number of fused-ring (bicyclic) bond motifs is 1. The summed E-state index contributed by atoms with van der Waals surface area (Å²) < 4.78 is 1.03. The van der Waals surface area contributed by atoms with Crippen LogP contribution in [0.2, 0.25) is 0 Å². The zero-order chi connectivity index (χ0) is 13.4. The lowest BCUT2D eigenvalue weighted by atomic mass is 10.1. The van der Waals surface area contributed by atoms with E-state index in [0.717, 1.165) is 10.2 Å². The Morgan fingerprint density at radius 3 is 2.74 bits per heavy atom. The van der Waals surface area contributed by atoms with Crippen molar-refractivity contribution in [2.24, 2.45) is 0 Å². The zero-order valence-electron chi connectivity index (χ0n) is 9.74. The predicted molar refractivity (Wildman–Crippen MR) is 76.1 cm³/mol. The van der Waals surface area contributed by atoms with E-state index in [1.165, 1.54) is 23.5 Å². The van der Waals surface area contributed by atoms with Crippen LogP contribution in [0.25, 0.3) is 20.8 Å². The second-order valence-corrected chi connectivity index (χ2v) is 5.05. The van der Waals surface area contributed by atoms with E-state index in [1.807, 2.05) is 24.3 Å². The molecular formula is C13H9N3O2S. The molecule has 0 unspecified atom stereocenters. The number of rotatable bonds is 2. The molecule has 0 aliphatic carbocycles. The SMILES string of the molecule is Nc1ccc([N+](=O)[O-])cc1-c1nc2ccccc2s1. The number of nitro groups is 1. The first-order valence-corrected chi connectivity index (χ1v) is 6.36. The summed E-state index contributed by atoms with van der Waals surface area (Å²) in [6.45, 7) is 0. The van der Waals surface area contributed by atoms with Crippen LogP contribution in [0.1, 0.15) is 0 Å². The van der Waals surface area contributed by atoms with Crippen molar-refractivity contribution >= 4 is 32.9 Å². The molecule has 0 aliphatic heterocycles. The predicted octanol–water partition coefficient (Wildman–Crippen LogP) is 3.45. The van der Waals surface area contributed by atoms with Gasteiger partial charge in [-0.05, 0) is 18.2 Å². The molecule has 3 rings (SSSR count). The fraction of sp³-hybridized carbons (Fsp3) is 0. The molecule has 0 saturated carbocycles. The van der Waals surface area contributed by atoms with Crippen LogP contribution in [0.15, 0.2) is 42.5 Å². The van der Waals surface area contributed by atoms with Crippen LogP contribution in [-0.4, -0.2) is 9.91 Å². The summed E-state index contributed by atoms with van der Waals surface area (Å²) in [6.07, 6.45) is 0. The lowest BCUT2D eigenvalue weighted by Crippen LogP contribution is -1.93. The fourth-order valence-electron chi connectivity index (χ4n) is 1.83. The van der Waals surface area contributed by atoms with Crippen molar-refractivity contribution in [3.8, 4) is 10.6 Å². The molecular weight excluding hydrogens is 262 g/mol. The molecule has 6 heteroatoms. The van der Waals surface area contributed by atoms with Crippen LogP contribution in [0.4, 0.5) is 11.4 Å². The third kappa shape index (κ3) is 2.02. The maximum absolute atomic E-state index is 10.8. The summed E-state index contributed by atoms with van der Waals surface area (Å²) in [6, 6.07) is 12.1. The number of nitrogens with zero attached hydrogens (tertiary/aromatic N) is 2. The molecule has 0 saturated heterocycles. The van der Waals surface area contributed by atoms with Gasteiger partial charge >= 0.3 is 0 Å². The van der Waals surface area contributed by atoms with Gasteiger partial charge in [0.15, 0.2) is 0 Å². The average Bonchev–Trinajstić information content (AvgIpc) is 2.82. The first-order valence-electron chi connectivity index (χ1n) is 5.55. The quantitative estimate of drug-likeness (QED) is 0.439. The molecule has 2 N–H and O–H groups in total. The number of nitro benzene ring substituents is 1. The Balaban J connectivity index is 2.20. The van der Waals surface area contributed by atoms with Gasteiger partial charge in [-0.15, -0.1) is 11.3 Å². The maximum atomic E-state index is 10.8. The smallest absolute Gasteiger partial charge is 0.270 e. The largest absolute Gasteiger partial charge is 0.398 e. The van der Waals surface area contributed by atoms with Gasteiger partial charge in [-0.25, -0.2) is 4.98 Å². The molecule has 0 bridgehead atoms. The van der Waals surface area contributed by atoms with E-state index in [1.54, 1.807) is 6.07 Å². The standard InChI is InChI=1S/C13H9N3O2S/c14-10-6-5-8(16(17)18)7-9(10)13-15-11-3-1-2-4-12(11)19-13/h1-7H,14H2. The van der Waals surface area contributed by atoms with Gasteiger partial charge in [0, 0.05) is 23.4 Å². The number of non-ortho nitro benzene ring substituents is 1. The monoisotopic (exact) mass is 271 g/mol. The Bertz CT molecular complexity index is 749. The Morgan fingerprint density at radius 2 is 2.00 bits per heavy atom. The first kappa shape index (κ1) is 11.6. The van der Waals surface area contributed by atoms with Crippen molar-refractivity contribution in [1.29, 1.82) is 0 Å². The second-order valence-electron chi connectivity index (χ2n) is 4.02. The van der Waals surface area contributed by atoms with Gasteiger partial charge in [0.05, 0.1) is 15.1 Å². The molecule has 5 nitrogen and oxygen atoms in total. The highest BCUT2D eigenvalue weighted by Crippen LogP contribution is 2.35. The van der Waals surface area contributed by atoms with E-state index in [0.29, 0.717) is 16.3 Å². The summed E-state index contributed by atoms with van der Waals surface area (Å²) in [5.41, 5.74) is 7.87. The number of aromatic nitrogens is 1. The minimum absolute atomic E-state index is 0.0171. The number of hydrogen-bond donors (Lipinski definition) is 1. The molecule has 0 spiro atoms. The Kier molecular flexibility index (Phi) is 2.64. The third-order valence-corrected chi connectivity index (χ3v) is 3.84. The summed E-state index contributed by atoms with van der Waals surface area (Å²) >= 11 is 1.47. The highest BCUT2D eigenvalue weighted by atomic mass is 32.1. The van der Waals surface area contributed by atoms with Gasteiger partial charge in [0.25, 0.3) is 5.69 Å². The second kappa shape index (κ2) is 4.33. The number of hydrogen-bond acceptors (Lipinski definition) is 5. The minimum Gasteiger partial charge on any atom is -0.398 e. The number of nitrogens with two attached hydrogens (primary N) is 1. The molecule has 2 aromatic carbocycles. The van der Waals surface area contributed by atoms with Crippen molar-refractivity contribution in [1.82, 2.24) is 4.98 Å². The van der Waals surface area contributed by atoms with Gasteiger partial charge in [0.1, 0.15) is 5.01 Å². The van der Waals surface area contributed by atoms with Gasteiger partial charge < -0.3 is 5.73 Å². The van der Waals surface area contributed by atoms with Crippen molar-refractivity contribution in [2.45, 2.75) is 0 Å². The molecule has 0 atom stereocenters. The highest BCUT2D eigenvalue weighted by molar-refractivity contribution is 7.21. The fourth-order valence-corrected chi connectivity index (χ4v) is 2.83. The number of thiazole rings is 1. The zero-order valence-corrected chi connectivity index (χ0v) is 10.6. The molecule has 3 aromatic rings. The van der Waals surface area contributed by atoms with Gasteiger partial charge in [-0.2, -0.15) is 0 Å². The summed E-state index contributed by atoms with van der Waals surface area (Å²) in [5, 5.41) is 11.5. The molecule has 94 valence electrons. The lowest BCUT2D eigenvalue weighted by Gasteiger charge is -2.01. The number of para-hydroxylation sites is 1. The Morgan fingerprint density at radius 1 is 1.21 bits per heavy atom. The third-order valence-electron chi connectivity index (χ3n) is 2.77. The van der Waals surface area contributed by atoms with Crippen LogP contribution < -0.4 is 5.73 Å². The van der Waals surface area contributed by atoms with Crippen LogP contribution in [0, 0.1) is 10.1 Å². The highest BCUT2D eigenvalue weighted by Gasteiger charge is 2.14. The molecule has 1 aromatic heterocycles. The molecule has 1 heterocycles. The number of anilines is 1. The van der Waals surface area contributed by atoms with Crippen molar-refractivity contribution in [3.05, 3.63) is 52.6 Å². The normalized spacial score (nSPS) is 10.7. The van der Waals surface area contributed by atoms with Crippen LogP contribution >= 0.6 is 11.3 Å². The number of benzene rings is 2. The van der Waals surface area contributed by atoms with E-state index in [4.69, 9.17) is 5.73 Å². The molecule has 0 amide bonds. The lowest BCUT2D eigenvalue weighted by molar-refractivity contribution is -0.384. The summed E-state index contributed by atoms with van der Waals surface area (Å²) in [4.78, 5) is 14.8. The van der Waals surface area contributed by atoms with Crippen LogP contribution in [0.5, 0.6) is 0 Å². The summed E-state index contributed by atoms with van der Waals surface area (Å²) in [5.74, 6) is 0. The first-order chi connectivity index (χ1) is 9.15. The topological polar surface area (TPSA) is 82.0 Å². The Labute approximate surface area is 112 Å². The Hall–Kier alpha value is -2.47. The van der Waals surface area contributed by atoms with Crippen LogP contribution in [0.3, 0.4) is 0 Å². The van der Waals surface area contributed by atoms with Crippen molar-refractivity contribution in [2.75, 3.05) is 5.73 Å². The van der Waals surface area contributed by atoms with Crippen molar-refractivity contribution < 1.29 is 4.92 Å².